The minimum absolute atomic E-state index is 0.698. The Labute approximate surface area is 77.0 Å². The number of hydrogen-bond donors (Lipinski definition) is 0. The van der Waals surface area contributed by atoms with Gasteiger partial charge in [-0.3, -0.25) is 0 Å². The second-order valence-corrected chi connectivity index (χ2v) is 2.94. The predicted octanol–water partition coefficient (Wildman–Crippen LogP) is 1.97. The molecule has 1 heterocycles. The summed E-state index contributed by atoms with van der Waals surface area (Å²) in [6.07, 6.45) is 1.81. The molecule has 0 radical (unpaired) electrons. The van der Waals surface area contributed by atoms with E-state index in [2.05, 4.69) is 4.98 Å². The number of aryl methyl sites for hydroxylation is 1. The van der Waals surface area contributed by atoms with E-state index in [0.717, 1.165) is 16.8 Å². The van der Waals surface area contributed by atoms with Crippen molar-refractivity contribution in [2.75, 3.05) is 6.61 Å². The van der Waals surface area contributed by atoms with Gasteiger partial charge in [-0.2, -0.15) is 0 Å². The van der Waals surface area contributed by atoms with E-state index in [9.17, 15) is 0 Å². The molecule has 13 heavy (non-hydrogen) atoms. The van der Waals surface area contributed by atoms with Crippen LogP contribution in [0, 0.1) is 0 Å². The summed E-state index contributed by atoms with van der Waals surface area (Å²) in [5.41, 5.74) is 2.11. The van der Waals surface area contributed by atoms with E-state index in [-0.39, 0.29) is 0 Å². The SMILES string of the molecule is CCOc1ccc2ncn(C)c2c1. The van der Waals surface area contributed by atoms with E-state index in [0.29, 0.717) is 6.61 Å². The van der Waals surface area contributed by atoms with Crippen molar-refractivity contribution in [2.45, 2.75) is 6.92 Å². The Bertz CT molecular complexity index is 420. The van der Waals surface area contributed by atoms with Gasteiger partial charge in [0.05, 0.1) is 24.0 Å². The van der Waals surface area contributed by atoms with E-state index in [4.69, 9.17) is 4.74 Å². The van der Waals surface area contributed by atoms with Gasteiger partial charge in [0.15, 0.2) is 0 Å². The van der Waals surface area contributed by atoms with Crippen molar-refractivity contribution in [3.8, 4) is 5.75 Å². The number of fused-ring (bicyclic) bond motifs is 1. The number of rotatable bonds is 2. The molecule has 1 aromatic carbocycles. The Hall–Kier alpha value is -1.51. The van der Waals surface area contributed by atoms with E-state index >= 15 is 0 Å². The lowest BCUT2D eigenvalue weighted by atomic mass is 10.3. The van der Waals surface area contributed by atoms with Crippen molar-refractivity contribution in [2.24, 2.45) is 7.05 Å². The zero-order valence-electron chi connectivity index (χ0n) is 7.82. The molecule has 0 unspecified atom stereocenters. The smallest absolute Gasteiger partial charge is 0.121 e. The fourth-order valence-corrected chi connectivity index (χ4v) is 1.36. The number of benzene rings is 1. The van der Waals surface area contributed by atoms with Gasteiger partial charge in [-0.1, -0.05) is 0 Å². The van der Waals surface area contributed by atoms with Crippen molar-refractivity contribution in [1.29, 1.82) is 0 Å². The summed E-state index contributed by atoms with van der Waals surface area (Å²) in [4.78, 5) is 4.23. The van der Waals surface area contributed by atoms with Gasteiger partial charge in [0, 0.05) is 13.1 Å². The standard InChI is InChI=1S/C10H12N2O/c1-3-13-8-4-5-9-10(6-8)12(2)7-11-9/h4-7H,3H2,1-2H3. The highest BCUT2D eigenvalue weighted by Crippen LogP contribution is 2.18. The summed E-state index contributed by atoms with van der Waals surface area (Å²) >= 11 is 0. The summed E-state index contributed by atoms with van der Waals surface area (Å²) in [5, 5.41) is 0. The molecule has 0 amide bonds. The molecule has 0 aliphatic carbocycles. The van der Waals surface area contributed by atoms with E-state index in [1.807, 2.05) is 36.7 Å². The number of ether oxygens (including phenoxy) is 1. The third-order valence-corrected chi connectivity index (χ3v) is 2.01. The number of hydrogen-bond acceptors (Lipinski definition) is 2. The van der Waals surface area contributed by atoms with E-state index in [1.165, 1.54) is 0 Å². The monoisotopic (exact) mass is 176 g/mol. The molecule has 1 aromatic heterocycles. The molecule has 3 heteroatoms. The predicted molar refractivity (Wildman–Crippen MR) is 51.9 cm³/mol. The maximum Gasteiger partial charge on any atom is 0.121 e. The van der Waals surface area contributed by atoms with Crippen molar-refractivity contribution >= 4 is 11.0 Å². The molecular weight excluding hydrogens is 164 g/mol. The van der Waals surface area contributed by atoms with Gasteiger partial charge in [-0.15, -0.1) is 0 Å². The summed E-state index contributed by atoms with van der Waals surface area (Å²) in [6, 6.07) is 5.92. The van der Waals surface area contributed by atoms with Crippen LogP contribution in [0.15, 0.2) is 24.5 Å². The lowest BCUT2D eigenvalue weighted by Gasteiger charge is -2.02. The van der Waals surface area contributed by atoms with Crippen LogP contribution in [0.4, 0.5) is 0 Å². The molecule has 0 saturated heterocycles. The van der Waals surface area contributed by atoms with Crippen molar-refractivity contribution < 1.29 is 4.74 Å². The van der Waals surface area contributed by atoms with Gasteiger partial charge >= 0.3 is 0 Å². The van der Waals surface area contributed by atoms with E-state index < -0.39 is 0 Å². The molecular formula is C10H12N2O. The molecule has 0 N–H and O–H groups in total. The number of aromatic nitrogens is 2. The minimum Gasteiger partial charge on any atom is -0.494 e. The topological polar surface area (TPSA) is 27.1 Å². The second kappa shape index (κ2) is 3.09. The van der Waals surface area contributed by atoms with Gasteiger partial charge < -0.3 is 9.30 Å². The van der Waals surface area contributed by atoms with Gasteiger partial charge in [-0.25, -0.2) is 4.98 Å². The molecule has 0 saturated carbocycles. The molecule has 0 atom stereocenters. The van der Waals surface area contributed by atoms with Gasteiger partial charge in [0.25, 0.3) is 0 Å². The molecule has 68 valence electrons. The summed E-state index contributed by atoms with van der Waals surface area (Å²) < 4.78 is 7.38. The summed E-state index contributed by atoms with van der Waals surface area (Å²) in [6.45, 7) is 2.68. The van der Waals surface area contributed by atoms with Crippen LogP contribution in [0.25, 0.3) is 11.0 Å². The minimum atomic E-state index is 0.698. The van der Waals surface area contributed by atoms with Crippen molar-refractivity contribution in [1.82, 2.24) is 9.55 Å². The normalized spacial score (nSPS) is 10.6. The Morgan fingerprint density at radius 3 is 3.08 bits per heavy atom. The molecule has 0 bridgehead atoms. The first kappa shape index (κ1) is 8.10. The molecule has 0 aliphatic rings. The van der Waals surface area contributed by atoms with Crippen LogP contribution in [0.3, 0.4) is 0 Å². The Morgan fingerprint density at radius 1 is 1.46 bits per heavy atom. The third-order valence-electron chi connectivity index (χ3n) is 2.01. The molecule has 3 nitrogen and oxygen atoms in total. The van der Waals surface area contributed by atoms with Crippen molar-refractivity contribution in [3.05, 3.63) is 24.5 Å². The van der Waals surface area contributed by atoms with Crippen molar-refractivity contribution in [3.63, 3.8) is 0 Å². The first-order valence-corrected chi connectivity index (χ1v) is 4.35. The maximum atomic E-state index is 5.40. The highest BCUT2D eigenvalue weighted by molar-refractivity contribution is 5.76. The summed E-state index contributed by atoms with van der Waals surface area (Å²) in [7, 11) is 1.98. The first-order valence-electron chi connectivity index (χ1n) is 4.35. The van der Waals surface area contributed by atoms with Crippen LogP contribution in [0.5, 0.6) is 5.75 Å². The lowest BCUT2D eigenvalue weighted by Crippen LogP contribution is -1.91. The summed E-state index contributed by atoms with van der Waals surface area (Å²) in [5.74, 6) is 0.901. The zero-order chi connectivity index (χ0) is 9.26. The lowest BCUT2D eigenvalue weighted by molar-refractivity contribution is 0.340. The highest BCUT2D eigenvalue weighted by Gasteiger charge is 2.00. The third kappa shape index (κ3) is 1.37. The van der Waals surface area contributed by atoms with Crippen LogP contribution in [0.1, 0.15) is 6.92 Å². The molecule has 0 spiro atoms. The fourth-order valence-electron chi connectivity index (χ4n) is 1.36. The van der Waals surface area contributed by atoms with Gasteiger partial charge in [0.2, 0.25) is 0 Å². The fraction of sp³-hybridized carbons (Fsp3) is 0.300. The average molecular weight is 176 g/mol. The Balaban J connectivity index is 2.53. The van der Waals surface area contributed by atoms with Crippen LogP contribution < -0.4 is 4.74 Å². The molecule has 0 fully saturated rings. The second-order valence-electron chi connectivity index (χ2n) is 2.94. The number of imidazole rings is 1. The van der Waals surface area contributed by atoms with Gasteiger partial charge in [-0.05, 0) is 19.1 Å². The maximum absolute atomic E-state index is 5.40. The highest BCUT2D eigenvalue weighted by atomic mass is 16.5. The van der Waals surface area contributed by atoms with Crippen LogP contribution >= 0.6 is 0 Å². The molecule has 2 rings (SSSR count). The molecule has 2 aromatic rings. The average Bonchev–Trinajstić information content (AvgIpc) is 2.49. The van der Waals surface area contributed by atoms with Gasteiger partial charge in [0.1, 0.15) is 5.75 Å². The van der Waals surface area contributed by atoms with Crippen LogP contribution in [-0.4, -0.2) is 16.2 Å². The van der Waals surface area contributed by atoms with Crippen LogP contribution in [-0.2, 0) is 7.05 Å². The Morgan fingerprint density at radius 2 is 2.31 bits per heavy atom. The zero-order valence-corrected chi connectivity index (χ0v) is 7.82. The van der Waals surface area contributed by atoms with E-state index in [1.54, 1.807) is 6.33 Å². The Kier molecular flexibility index (Phi) is 1.93. The quantitative estimate of drug-likeness (QED) is 0.699. The molecule has 0 aliphatic heterocycles. The number of nitrogens with zero attached hydrogens (tertiary/aromatic N) is 2. The largest absolute Gasteiger partial charge is 0.494 e. The van der Waals surface area contributed by atoms with Crippen LogP contribution in [0.2, 0.25) is 0 Å². The first-order chi connectivity index (χ1) is 6.31.